The minimum absolute atomic E-state index is 0.286. The molecule has 1 aromatic carbocycles. The Kier molecular flexibility index (Phi) is 3.66. The summed E-state index contributed by atoms with van der Waals surface area (Å²) in [5, 5.41) is 13.4. The van der Waals surface area contributed by atoms with Crippen molar-refractivity contribution in [3.63, 3.8) is 0 Å². The average molecular weight is 244 g/mol. The fourth-order valence-corrected chi connectivity index (χ4v) is 2.38. The van der Waals surface area contributed by atoms with Crippen LogP contribution in [0.1, 0.15) is 18.4 Å². The lowest BCUT2D eigenvalue weighted by Gasteiger charge is -2.23. The molecule has 2 N–H and O–H groups in total. The van der Waals surface area contributed by atoms with Crippen molar-refractivity contribution in [3.05, 3.63) is 28.5 Å². The van der Waals surface area contributed by atoms with Gasteiger partial charge in [-0.2, -0.15) is 0 Å². The molecule has 1 heterocycles. The van der Waals surface area contributed by atoms with Gasteiger partial charge in [-0.3, -0.25) is 0 Å². The van der Waals surface area contributed by atoms with E-state index in [1.54, 1.807) is 0 Å². The molecule has 1 aliphatic heterocycles. The van der Waals surface area contributed by atoms with Gasteiger partial charge in [-0.1, -0.05) is 11.6 Å². The van der Waals surface area contributed by atoms with E-state index >= 15 is 0 Å². The third-order valence-corrected chi connectivity index (χ3v) is 3.48. The van der Waals surface area contributed by atoms with E-state index in [2.05, 4.69) is 5.32 Å². The molecule has 1 aromatic rings. The zero-order valence-corrected chi connectivity index (χ0v) is 9.73. The van der Waals surface area contributed by atoms with Gasteiger partial charge in [-0.15, -0.1) is 0 Å². The molecule has 2 rings (SSSR count). The van der Waals surface area contributed by atoms with Crippen molar-refractivity contribution >= 4 is 11.6 Å². The molecular formula is C12H15ClFNO. The number of phenols is 1. The van der Waals surface area contributed by atoms with E-state index in [1.807, 2.05) is 0 Å². The maximum atomic E-state index is 13.2. The second-order valence-corrected chi connectivity index (χ2v) is 4.66. The van der Waals surface area contributed by atoms with Crippen molar-refractivity contribution in [2.75, 3.05) is 13.1 Å². The standard InChI is InChI=1S/C12H15ClFNO/c13-10-1-2-11(14)12(16)9(10)7-8-3-5-15-6-4-8/h1-2,8,15-16H,3-7H2. The van der Waals surface area contributed by atoms with E-state index in [0.29, 0.717) is 22.9 Å². The molecule has 0 aliphatic carbocycles. The van der Waals surface area contributed by atoms with Crippen LogP contribution in [0.3, 0.4) is 0 Å². The Morgan fingerprint density at radius 2 is 2.06 bits per heavy atom. The Morgan fingerprint density at radius 1 is 1.38 bits per heavy atom. The van der Waals surface area contributed by atoms with E-state index in [9.17, 15) is 9.50 Å². The highest BCUT2D eigenvalue weighted by molar-refractivity contribution is 6.31. The maximum absolute atomic E-state index is 13.2. The lowest BCUT2D eigenvalue weighted by Crippen LogP contribution is -2.28. The summed E-state index contributed by atoms with van der Waals surface area (Å²) in [4.78, 5) is 0. The lowest BCUT2D eigenvalue weighted by molar-refractivity contribution is 0.362. The fraction of sp³-hybridized carbons (Fsp3) is 0.500. The summed E-state index contributed by atoms with van der Waals surface area (Å²) in [6.07, 6.45) is 2.75. The number of nitrogens with one attached hydrogen (secondary N) is 1. The summed E-state index contributed by atoms with van der Waals surface area (Å²) in [6.45, 7) is 1.97. The van der Waals surface area contributed by atoms with Crippen molar-refractivity contribution in [2.45, 2.75) is 19.3 Å². The second kappa shape index (κ2) is 5.02. The van der Waals surface area contributed by atoms with Gasteiger partial charge in [0.25, 0.3) is 0 Å². The largest absolute Gasteiger partial charge is 0.505 e. The number of rotatable bonds is 2. The predicted molar refractivity (Wildman–Crippen MR) is 62.4 cm³/mol. The van der Waals surface area contributed by atoms with Crippen molar-refractivity contribution < 1.29 is 9.50 Å². The van der Waals surface area contributed by atoms with Gasteiger partial charge in [0.1, 0.15) is 0 Å². The van der Waals surface area contributed by atoms with Gasteiger partial charge in [-0.25, -0.2) is 4.39 Å². The van der Waals surface area contributed by atoms with Crippen LogP contribution in [-0.2, 0) is 6.42 Å². The van der Waals surface area contributed by atoms with E-state index in [4.69, 9.17) is 11.6 Å². The van der Waals surface area contributed by atoms with Crippen LogP contribution in [0, 0.1) is 11.7 Å². The summed E-state index contributed by atoms with van der Waals surface area (Å²) >= 11 is 5.98. The molecular weight excluding hydrogens is 229 g/mol. The van der Waals surface area contributed by atoms with Crippen molar-refractivity contribution in [2.24, 2.45) is 5.92 Å². The van der Waals surface area contributed by atoms with Gasteiger partial charge in [-0.05, 0) is 50.4 Å². The van der Waals surface area contributed by atoms with Gasteiger partial charge >= 0.3 is 0 Å². The van der Waals surface area contributed by atoms with Crippen molar-refractivity contribution in [3.8, 4) is 5.75 Å². The number of aromatic hydroxyl groups is 1. The van der Waals surface area contributed by atoms with Gasteiger partial charge < -0.3 is 10.4 Å². The Bertz CT molecular complexity index is 378. The average Bonchev–Trinajstić information content (AvgIpc) is 2.31. The number of hydrogen-bond donors (Lipinski definition) is 2. The van der Waals surface area contributed by atoms with Gasteiger partial charge in [0.15, 0.2) is 11.6 Å². The fourth-order valence-electron chi connectivity index (χ4n) is 2.15. The monoisotopic (exact) mass is 243 g/mol. The number of hydrogen-bond acceptors (Lipinski definition) is 2. The molecule has 0 bridgehead atoms. The Balaban J connectivity index is 2.16. The van der Waals surface area contributed by atoms with Crippen LogP contribution in [0.15, 0.2) is 12.1 Å². The number of phenolic OH excluding ortho intramolecular Hbond substituents is 1. The maximum Gasteiger partial charge on any atom is 0.165 e. The molecule has 4 heteroatoms. The first kappa shape index (κ1) is 11.7. The molecule has 1 fully saturated rings. The highest BCUT2D eigenvalue weighted by atomic mass is 35.5. The van der Waals surface area contributed by atoms with Crippen molar-refractivity contribution in [1.29, 1.82) is 0 Å². The molecule has 0 unspecified atom stereocenters. The smallest absolute Gasteiger partial charge is 0.165 e. The van der Waals surface area contributed by atoms with Gasteiger partial charge in [0.05, 0.1) is 0 Å². The minimum Gasteiger partial charge on any atom is -0.505 e. The third kappa shape index (κ3) is 2.47. The number of halogens is 2. The first-order chi connectivity index (χ1) is 7.68. The quantitative estimate of drug-likeness (QED) is 0.837. The molecule has 0 aromatic heterocycles. The Morgan fingerprint density at radius 3 is 2.75 bits per heavy atom. The lowest BCUT2D eigenvalue weighted by atomic mass is 9.90. The summed E-state index contributed by atoms with van der Waals surface area (Å²) in [7, 11) is 0. The minimum atomic E-state index is -0.590. The number of benzene rings is 1. The Labute approximate surface area is 99.4 Å². The van der Waals surface area contributed by atoms with Crippen LogP contribution in [0.2, 0.25) is 5.02 Å². The molecule has 0 spiro atoms. The van der Waals surface area contributed by atoms with Crippen LogP contribution < -0.4 is 5.32 Å². The molecule has 1 aliphatic rings. The third-order valence-electron chi connectivity index (χ3n) is 3.13. The van der Waals surface area contributed by atoms with Gasteiger partial charge in [0.2, 0.25) is 0 Å². The van der Waals surface area contributed by atoms with Gasteiger partial charge in [0, 0.05) is 10.6 Å². The zero-order valence-electron chi connectivity index (χ0n) is 8.97. The van der Waals surface area contributed by atoms with Crippen LogP contribution in [0.4, 0.5) is 4.39 Å². The first-order valence-electron chi connectivity index (χ1n) is 5.55. The predicted octanol–water partition coefficient (Wildman–Crippen LogP) is 2.73. The topological polar surface area (TPSA) is 32.3 Å². The van der Waals surface area contributed by atoms with E-state index < -0.39 is 5.82 Å². The summed E-state index contributed by atoms with van der Waals surface area (Å²) in [5.41, 5.74) is 0.550. The molecule has 0 amide bonds. The number of piperidine rings is 1. The summed E-state index contributed by atoms with van der Waals surface area (Å²) in [5.74, 6) is -0.397. The molecule has 0 atom stereocenters. The Hall–Kier alpha value is -0.800. The zero-order chi connectivity index (χ0) is 11.5. The highest BCUT2D eigenvalue weighted by Crippen LogP contribution is 2.32. The van der Waals surface area contributed by atoms with Crippen LogP contribution in [0.25, 0.3) is 0 Å². The second-order valence-electron chi connectivity index (χ2n) is 4.25. The molecule has 16 heavy (non-hydrogen) atoms. The summed E-state index contributed by atoms with van der Waals surface area (Å²) < 4.78 is 13.2. The van der Waals surface area contributed by atoms with Crippen LogP contribution >= 0.6 is 11.6 Å². The van der Waals surface area contributed by atoms with E-state index in [1.165, 1.54) is 12.1 Å². The summed E-state index contributed by atoms with van der Waals surface area (Å²) in [6, 6.07) is 2.70. The molecule has 2 nitrogen and oxygen atoms in total. The molecule has 1 saturated heterocycles. The molecule has 0 saturated carbocycles. The normalized spacial score (nSPS) is 17.6. The highest BCUT2D eigenvalue weighted by Gasteiger charge is 2.18. The molecule has 88 valence electrons. The van der Waals surface area contributed by atoms with Crippen LogP contribution in [-0.4, -0.2) is 18.2 Å². The van der Waals surface area contributed by atoms with E-state index in [-0.39, 0.29) is 5.75 Å². The van der Waals surface area contributed by atoms with Crippen LogP contribution in [0.5, 0.6) is 5.75 Å². The molecule has 0 radical (unpaired) electrons. The van der Waals surface area contributed by atoms with E-state index in [0.717, 1.165) is 25.9 Å². The van der Waals surface area contributed by atoms with Crippen molar-refractivity contribution in [1.82, 2.24) is 5.32 Å². The first-order valence-corrected chi connectivity index (χ1v) is 5.93. The SMILES string of the molecule is Oc1c(F)ccc(Cl)c1CC1CCNCC1.